The second-order valence-corrected chi connectivity index (χ2v) is 4.76. The number of nitrogens with one attached hydrogen (secondary N) is 1. The van der Waals surface area contributed by atoms with Crippen molar-refractivity contribution < 1.29 is 9.18 Å². The Kier molecular flexibility index (Phi) is 3.42. The van der Waals surface area contributed by atoms with Crippen molar-refractivity contribution in [2.75, 3.05) is 5.43 Å². The van der Waals surface area contributed by atoms with Crippen LogP contribution in [0.5, 0.6) is 0 Å². The van der Waals surface area contributed by atoms with Gasteiger partial charge in [-0.2, -0.15) is 0 Å². The smallest absolute Gasteiger partial charge is 0.267 e. The summed E-state index contributed by atoms with van der Waals surface area (Å²) in [6.45, 7) is 1.62. The maximum absolute atomic E-state index is 12.9. The molecule has 3 rings (SSSR count). The molecule has 6 heteroatoms. The molecule has 0 radical (unpaired) electrons. The number of amides is 1. The summed E-state index contributed by atoms with van der Waals surface area (Å²) < 4.78 is 14.0. The van der Waals surface area contributed by atoms with Gasteiger partial charge in [0, 0.05) is 5.56 Å². The van der Waals surface area contributed by atoms with Crippen LogP contribution in [0, 0.1) is 12.7 Å². The van der Waals surface area contributed by atoms with Crippen molar-refractivity contribution >= 4 is 16.8 Å². The Labute approximate surface area is 125 Å². The zero-order valence-corrected chi connectivity index (χ0v) is 11.7. The molecule has 22 heavy (non-hydrogen) atoms. The Balaban J connectivity index is 2.02. The summed E-state index contributed by atoms with van der Waals surface area (Å²) >= 11 is 0. The van der Waals surface area contributed by atoms with Gasteiger partial charge in [-0.05, 0) is 43.3 Å². The molecule has 0 unspecified atom stereocenters. The lowest BCUT2D eigenvalue weighted by molar-refractivity contribution is 0.101. The van der Waals surface area contributed by atoms with Crippen molar-refractivity contribution in [2.24, 2.45) is 0 Å². The van der Waals surface area contributed by atoms with Crippen LogP contribution in [0.25, 0.3) is 10.9 Å². The molecule has 0 aliphatic heterocycles. The highest BCUT2D eigenvalue weighted by atomic mass is 19.1. The number of carbonyl (C=O) groups is 1. The molecule has 0 bridgehead atoms. The summed E-state index contributed by atoms with van der Waals surface area (Å²) in [7, 11) is 0. The van der Waals surface area contributed by atoms with E-state index in [0.29, 0.717) is 16.7 Å². The van der Waals surface area contributed by atoms with Crippen LogP contribution >= 0.6 is 0 Å². The highest BCUT2D eigenvalue weighted by molar-refractivity contribution is 6.00. The van der Waals surface area contributed by atoms with Crippen LogP contribution in [0.2, 0.25) is 0 Å². The third-order valence-corrected chi connectivity index (χ3v) is 3.26. The molecule has 1 aromatic heterocycles. The molecule has 0 saturated heterocycles. The third-order valence-electron chi connectivity index (χ3n) is 3.26. The van der Waals surface area contributed by atoms with Crippen molar-refractivity contribution in [2.45, 2.75) is 6.92 Å². The second kappa shape index (κ2) is 5.40. The number of halogens is 1. The zero-order valence-electron chi connectivity index (χ0n) is 11.7. The molecule has 2 aromatic carbocycles. The first-order chi connectivity index (χ1) is 10.6. The van der Waals surface area contributed by atoms with Crippen LogP contribution in [0.3, 0.4) is 0 Å². The van der Waals surface area contributed by atoms with Gasteiger partial charge in [0.15, 0.2) is 0 Å². The lowest BCUT2D eigenvalue weighted by Crippen LogP contribution is -2.35. The van der Waals surface area contributed by atoms with E-state index in [1.165, 1.54) is 24.3 Å². The third kappa shape index (κ3) is 2.46. The van der Waals surface area contributed by atoms with Gasteiger partial charge < -0.3 is 0 Å². The van der Waals surface area contributed by atoms with E-state index in [1.807, 2.05) is 0 Å². The summed E-state index contributed by atoms with van der Waals surface area (Å²) in [5.74, 6) is -0.585. The van der Waals surface area contributed by atoms with Gasteiger partial charge in [0.1, 0.15) is 11.6 Å². The number of nitrogens with zero attached hydrogens (tertiary/aromatic N) is 2. The highest BCUT2D eigenvalue weighted by Crippen LogP contribution is 2.07. The number of aryl methyl sites for hydroxylation is 1. The summed E-state index contributed by atoms with van der Waals surface area (Å²) in [4.78, 5) is 28.8. The molecule has 1 amide bonds. The fourth-order valence-corrected chi connectivity index (χ4v) is 2.14. The molecule has 0 fully saturated rings. The van der Waals surface area contributed by atoms with Crippen LogP contribution in [0.15, 0.2) is 53.3 Å². The summed E-state index contributed by atoms with van der Waals surface area (Å²) in [6.07, 6.45) is 0. The van der Waals surface area contributed by atoms with Gasteiger partial charge in [0.05, 0.1) is 10.9 Å². The molecule has 0 aliphatic carbocycles. The number of hydrogen-bond donors (Lipinski definition) is 1. The largest absolute Gasteiger partial charge is 0.280 e. The van der Waals surface area contributed by atoms with Gasteiger partial charge in [0.25, 0.3) is 11.5 Å². The van der Waals surface area contributed by atoms with Gasteiger partial charge in [-0.1, -0.05) is 12.1 Å². The Morgan fingerprint density at radius 1 is 1.14 bits per heavy atom. The molecular weight excluding hydrogens is 285 g/mol. The SMILES string of the molecule is Cc1nc2ccccc2c(=O)n1NC(=O)c1ccc(F)cc1. The van der Waals surface area contributed by atoms with E-state index < -0.39 is 11.7 Å². The first-order valence-electron chi connectivity index (χ1n) is 6.61. The first-order valence-corrected chi connectivity index (χ1v) is 6.61. The van der Waals surface area contributed by atoms with Crippen LogP contribution in [0.4, 0.5) is 4.39 Å². The van der Waals surface area contributed by atoms with E-state index in [2.05, 4.69) is 10.4 Å². The topological polar surface area (TPSA) is 64.0 Å². The average Bonchev–Trinajstić information content (AvgIpc) is 2.52. The average molecular weight is 297 g/mol. The van der Waals surface area contributed by atoms with E-state index in [4.69, 9.17) is 0 Å². The molecule has 1 heterocycles. The molecule has 0 saturated carbocycles. The van der Waals surface area contributed by atoms with Crippen LogP contribution in [-0.4, -0.2) is 15.6 Å². The highest BCUT2D eigenvalue weighted by Gasteiger charge is 2.11. The minimum Gasteiger partial charge on any atom is -0.267 e. The first kappa shape index (κ1) is 13.9. The van der Waals surface area contributed by atoms with E-state index in [0.717, 1.165) is 4.68 Å². The van der Waals surface area contributed by atoms with E-state index in [1.54, 1.807) is 31.2 Å². The molecule has 0 atom stereocenters. The molecule has 5 nitrogen and oxygen atoms in total. The number of fused-ring (bicyclic) bond motifs is 1. The molecule has 0 spiro atoms. The number of carbonyl (C=O) groups excluding carboxylic acids is 1. The number of aromatic nitrogens is 2. The molecular formula is C16H12FN3O2. The monoisotopic (exact) mass is 297 g/mol. The quantitative estimate of drug-likeness (QED) is 0.789. The van der Waals surface area contributed by atoms with Crippen molar-refractivity contribution in [1.82, 2.24) is 9.66 Å². The summed E-state index contributed by atoms with van der Waals surface area (Å²) in [6, 6.07) is 12.0. The normalized spacial score (nSPS) is 10.6. The van der Waals surface area contributed by atoms with Gasteiger partial charge in [-0.25, -0.2) is 14.1 Å². The molecule has 0 aliphatic rings. The van der Waals surface area contributed by atoms with Crippen LogP contribution in [-0.2, 0) is 0 Å². The fraction of sp³-hybridized carbons (Fsp3) is 0.0625. The molecule has 1 N–H and O–H groups in total. The van der Waals surface area contributed by atoms with Crippen molar-refractivity contribution in [3.8, 4) is 0 Å². The Morgan fingerprint density at radius 2 is 1.82 bits per heavy atom. The summed E-state index contributed by atoms with van der Waals surface area (Å²) in [5, 5.41) is 0.410. The fourth-order valence-electron chi connectivity index (χ4n) is 2.14. The van der Waals surface area contributed by atoms with E-state index >= 15 is 0 Å². The van der Waals surface area contributed by atoms with Gasteiger partial charge in [-0.15, -0.1) is 0 Å². The van der Waals surface area contributed by atoms with Crippen LogP contribution < -0.4 is 11.0 Å². The van der Waals surface area contributed by atoms with Crippen LogP contribution in [0.1, 0.15) is 16.2 Å². The Hall–Kier alpha value is -3.02. The predicted octanol–water partition coefficient (Wildman–Crippen LogP) is 2.23. The summed E-state index contributed by atoms with van der Waals surface area (Å²) in [5.41, 5.74) is 2.94. The standard InChI is InChI=1S/C16H12FN3O2/c1-10-18-14-5-3-2-4-13(14)16(22)20(10)19-15(21)11-6-8-12(17)9-7-11/h2-9H,1H3,(H,19,21). The Morgan fingerprint density at radius 3 is 2.55 bits per heavy atom. The number of para-hydroxylation sites is 1. The predicted molar refractivity (Wildman–Crippen MR) is 80.8 cm³/mol. The van der Waals surface area contributed by atoms with E-state index in [-0.39, 0.29) is 11.1 Å². The zero-order chi connectivity index (χ0) is 15.7. The van der Waals surface area contributed by atoms with Crippen molar-refractivity contribution in [1.29, 1.82) is 0 Å². The maximum Gasteiger partial charge on any atom is 0.280 e. The lowest BCUT2D eigenvalue weighted by atomic mass is 10.2. The molecule has 110 valence electrons. The maximum atomic E-state index is 12.9. The van der Waals surface area contributed by atoms with Gasteiger partial charge in [-0.3, -0.25) is 15.0 Å². The van der Waals surface area contributed by atoms with Crippen molar-refractivity contribution in [3.63, 3.8) is 0 Å². The lowest BCUT2D eigenvalue weighted by Gasteiger charge is -2.12. The number of hydrogen-bond acceptors (Lipinski definition) is 3. The van der Waals surface area contributed by atoms with E-state index in [9.17, 15) is 14.0 Å². The van der Waals surface area contributed by atoms with Crippen molar-refractivity contribution in [3.05, 3.63) is 76.1 Å². The van der Waals surface area contributed by atoms with Gasteiger partial charge in [0.2, 0.25) is 0 Å². The minimum atomic E-state index is -0.512. The number of rotatable bonds is 2. The Bertz CT molecular complexity index is 917. The minimum absolute atomic E-state index is 0.251. The number of benzene rings is 2. The van der Waals surface area contributed by atoms with Gasteiger partial charge >= 0.3 is 0 Å². The molecule has 3 aromatic rings. The second-order valence-electron chi connectivity index (χ2n) is 4.76.